The molecule has 96 valence electrons. The lowest BCUT2D eigenvalue weighted by atomic mass is 10.1. The number of hydrogen-bond donors (Lipinski definition) is 1. The molecule has 0 unspecified atom stereocenters. The van der Waals surface area contributed by atoms with Crippen molar-refractivity contribution >= 4 is 17.5 Å². The van der Waals surface area contributed by atoms with Gasteiger partial charge in [0, 0.05) is 18.8 Å². The number of benzene rings is 1. The van der Waals surface area contributed by atoms with Crippen molar-refractivity contribution in [1.29, 1.82) is 0 Å². The molecular weight excluding hydrogens is 228 g/mol. The third-order valence-corrected chi connectivity index (χ3v) is 3.22. The number of anilines is 1. The Kier molecular flexibility index (Phi) is 3.65. The molecule has 0 radical (unpaired) electrons. The van der Waals surface area contributed by atoms with Gasteiger partial charge in [0.15, 0.2) is 0 Å². The summed E-state index contributed by atoms with van der Waals surface area (Å²) in [6.45, 7) is 5.30. The van der Waals surface area contributed by atoms with Crippen molar-refractivity contribution in [3.8, 4) is 0 Å². The second-order valence-corrected chi connectivity index (χ2v) is 4.77. The molecule has 4 nitrogen and oxygen atoms in total. The first-order valence-corrected chi connectivity index (χ1v) is 6.25. The first kappa shape index (κ1) is 12.6. The highest BCUT2D eigenvalue weighted by Crippen LogP contribution is 2.16. The van der Waals surface area contributed by atoms with Crippen LogP contribution < -0.4 is 5.32 Å². The Hall–Kier alpha value is -1.84. The smallest absolute Gasteiger partial charge is 0.313 e. The van der Waals surface area contributed by atoms with Crippen LogP contribution in [0.4, 0.5) is 5.69 Å². The number of likely N-dealkylation sites (tertiary alicyclic amines) is 1. The average molecular weight is 246 g/mol. The highest BCUT2D eigenvalue weighted by atomic mass is 16.2. The standard InChI is InChI=1S/C14H18N2O2/c1-10-5-6-12(11(2)9-10)15-13(17)14(18)16-7-3-4-8-16/h5-6,9H,3-4,7-8H2,1-2H3,(H,15,17). The summed E-state index contributed by atoms with van der Waals surface area (Å²) >= 11 is 0. The van der Waals surface area contributed by atoms with E-state index in [2.05, 4.69) is 5.32 Å². The van der Waals surface area contributed by atoms with E-state index in [1.54, 1.807) is 4.90 Å². The van der Waals surface area contributed by atoms with Crippen LogP contribution in [0.5, 0.6) is 0 Å². The van der Waals surface area contributed by atoms with E-state index in [1.165, 1.54) is 0 Å². The summed E-state index contributed by atoms with van der Waals surface area (Å²) in [4.78, 5) is 25.3. The zero-order valence-corrected chi connectivity index (χ0v) is 10.8. The minimum atomic E-state index is -0.538. The van der Waals surface area contributed by atoms with Gasteiger partial charge < -0.3 is 10.2 Å². The Morgan fingerprint density at radius 2 is 1.83 bits per heavy atom. The molecule has 0 aliphatic carbocycles. The fourth-order valence-electron chi connectivity index (χ4n) is 2.19. The summed E-state index contributed by atoms with van der Waals surface area (Å²) < 4.78 is 0. The molecule has 0 spiro atoms. The fraction of sp³-hybridized carbons (Fsp3) is 0.429. The number of hydrogen-bond acceptors (Lipinski definition) is 2. The van der Waals surface area contributed by atoms with Crippen LogP contribution in [0, 0.1) is 13.8 Å². The summed E-state index contributed by atoms with van der Waals surface area (Å²) in [7, 11) is 0. The monoisotopic (exact) mass is 246 g/mol. The van der Waals surface area contributed by atoms with Crippen LogP contribution in [-0.4, -0.2) is 29.8 Å². The molecule has 1 saturated heterocycles. The lowest BCUT2D eigenvalue weighted by molar-refractivity contribution is -0.142. The number of nitrogens with zero attached hydrogens (tertiary/aromatic N) is 1. The maximum absolute atomic E-state index is 11.8. The van der Waals surface area contributed by atoms with Crippen LogP contribution in [0.25, 0.3) is 0 Å². The minimum Gasteiger partial charge on any atom is -0.334 e. The number of nitrogens with one attached hydrogen (secondary N) is 1. The zero-order chi connectivity index (χ0) is 13.1. The molecule has 1 aromatic carbocycles. The van der Waals surface area contributed by atoms with Gasteiger partial charge in [-0.25, -0.2) is 0 Å². The SMILES string of the molecule is Cc1ccc(NC(=O)C(=O)N2CCCC2)c(C)c1. The van der Waals surface area contributed by atoms with Crippen LogP contribution in [0.3, 0.4) is 0 Å². The molecule has 0 bridgehead atoms. The van der Waals surface area contributed by atoms with Crippen molar-refractivity contribution in [2.75, 3.05) is 18.4 Å². The van der Waals surface area contributed by atoms with Gasteiger partial charge in [-0.15, -0.1) is 0 Å². The van der Waals surface area contributed by atoms with Gasteiger partial charge in [0.1, 0.15) is 0 Å². The maximum Gasteiger partial charge on any atom is 0.313 e. The van der Waals surface area contributed by atoms with Crippen LogP contribution in [0.2, 0.25) is 0 Å². The lowest BCUT2D eigenvalue weighted by Gasteiger charge is -2.15. The molecule has 18 heavy (non-hydrogen) atoms. The van der Waals surface area contributed by atoms with Crippen LogP contribution in [-0.2, 0) is 9.59 Å². The number of rotatable bonds is 1. The Morgan fingerprint density at radius 3 is 2.44 bits per heavy atom. The Balaban J connectivity index is 2.04. The van der Waals surface area contributed by atoms with Crippen molar-refractivity contribution in [3.05, 3.63) is 29.3 Å². The summed E-state index contributed by atoms with van der Waals surface area (Å²) in [5.74, 6) is -0.962. The molecule has 4 heteroatoms. The highest BCUT2D eigenvalue weighted by molar-refractivity contribution is 6.39. The van der Waals surface area contributed by atoms with E-state index in [0.29, 0.717) is 18.8 Å². The van der Waals surface area contributed by atoms with Gasteiger partial charge in [0.05, 0.1) is 0 Å². The predicted octanol–water partition coefficient (Wildman–Crippen LogP) is 1.86. The topological polar surface area (TPSA) is 49.4 Å². The molecule has 2 rings (SSSR count). The van der Waals surface area contributed by atoms with Crippen LogP contribution in [0.1, 0.15) is 24.0 Å². The van der Waals surface area contributed by atoms with Gasteiger partial charge in [-0.2, -0.15) is 0 Å². The molecule has 0 atom stereocenters. The predicted molar refractivity (Wildman–Crippen MR) is 70.4 cm³/mol. The molecule has 1 aliphatic heterocycles. The quantitative estimate of drug-likeness (QED) is 0.769. The second-order valence-electron chi connectivity index (χ2n) is 4.77. The molecule has 1 heterocycles. The van der Waals surface area contributed by atoms with Crippen molar-refractivity contribution in [2.45, 2.75) is 26.7 Å². The van der Waals surface area contributed by atoms with E-state index < -0.39 is 11.8 Å². The summed E-state index contributed by atoms with van der Waals surface area (Å²) in [5, 5.41) is 2.68. The summed E-state index contributed by atoms with van der Waals surface area (Å²) in [5.41, 5.74) is 2.81. The Morgan fingerprint density at radius 1 is 1.17 bits per heavy atom. The summed E-state index contributed by atoms with van der Waals surface area (Å²) in [6.07, 6.45) is 1.98. The van der Waals surface area contributed by atoms with Gasteiger partial charge in [0.2, 0.25) is 0 Å². The van der Waals surface area contributed by atoms with E-state index in [4.69, 9.17) is 0 Å². The van der Waals surface area contributed by atoms with E-state index in [-0.39, 0.29) is 0 Å². The Labute approximate surface area is 107 Å². The number of aryl methyl sites for hydroxylation is 2. The van der Waals surface area contributed by atoms with Gasteiger partial charge in [-0.1, -0.05) is 17.7 Å². The average Bonchev–Trinajstić information content (AvgIpc) is 2.85. The molecule has 2 amide bonds. The van der Waals surface area contributed by atoms with Crippen LogP contribution in [0.15, 0.2) is 18.2 Å². The Bertz CT molecular complexity index is 477. The second kappa shape index (κ2) is 5.21. The molecule has 0 saturated carbocycles. The van der Waals surface area contributed by atoms with Gasteiger partial charge in [-0.3, -0.25) is 9.59 Å². The van der Waals surface area contributed by atoms with Gasteiger partial charge in [0.25, 0.3) is 0 Å². The van der Waals surface area contributed by atoms with Gasteiger partial charge >= 0.3 is 11.8 Å². The van der Waals surface area contributed by atoms with Gasteiger partial charge in [-0.05, 0) is 38.3 Å². The van der Waals surface area contributed by atoms with E-state index >= 15 is 0 Å². The molecule has 0 aromatic heterocycles. The highest BCUT2D eigenvalue weighted by Gasteiger charge is 2.24. The van der Waals surface area contributed by atoms with Crippen molar-refractivity contribution in [3.63, 3.8) is 0 Å². The van der Waals surface area contributed by atoms with Crippen LogP contribution >= 0.6 is 0 Å². The number of carbonyl (C=O) groups excluding carboxylic acids is 2. The third kappa shape index (κ3) is 2.70. The largest absolute Gasteiger partial charge is 0.334 e. The number of amides is 2. The third-order valence-electron chi connectivity index (χ3n) is 3.22. The molecule has 1 fully saturated rings. The summed E-state index contributed by atoms with van der Waals surface area (Å²) in [6, 6.07) is 5.73. The molecular formula is C14H18N2O2. The van der Waals surface area contributed by atoms with Crippen molar-refractivity contribution in [1.82, 2.24) is 4.90 Å². The maximum atomic E-state index is 11.8. The fourth-order valence-corrected chi connectivity index (χ4v) is 2.19. The zero-order valence-electron chi connectivity index (χ0n) is 10.8. The minimum absolute atomic E-state index is 0.424. The molecule has 1 aromatic rings. The first-order chi connectivity index (χ1) is 8.58. The normalized spacial score (nSPS) is 14.7. The first-order valence-electron chi connectivity index (χ1n) is 6.25. The van der Waals surface area contributed by atoms with Crippen molar-refractivity contribution < 1.29 is 9.59 Å². The molecule has 1 aliphatic rings. The lowest BCUT2D eigenvalue weighted by Crippen LogP contribution is -2.37. The van der Waals surface area contributed by atoms with Crippen molar-refractivity contribution in [2.24, 2.45) is 0 Å². The van der Waals surface area contributed by atoms with E-state index in [1.807, 2.05) is 32.0 Å². The van der Waals surface area contributed by atoms with E-state index in [9.17, 15) is 9.59 Å². The number of carbonyl (C=O) groups is 2. The van der Waals surface area contributed by atoms with E-state index in [0.717, 1.165) is 24.0 Å². The molecule has 1 N–H and O–H groups in total.